The minimum absolute atomic E-state index is 0.0783. The molecule has 1 saturated heterocycles. The quantitative estimate of drug-likeness (QED) is 0.573. The monoisotopic (exact) mass is 266 g/mol. The first-order chi connectivity index (χ1) is 8.99. The van der Waals surface area contributed by atoms with Crippen LogP contribution in [-0.4, -0.2) is 44.7 Å². The second kappa shape index (κ2) is 6.27. The van der Waals surface area contributed by atoms with Gasteiger partial charge >= 0.3 is 5.97 Å². The van der Waals surface area contributed by atoms with Gasteiger partial charge in [0.2, 0.25) is 0 Å². The lowest BCUT2D eigenvalue weighted by atomic mass is 9.75. The minimum atomic E-state index is -0.359. The fourth-order valence-electron chi connectivity index (χ4n) is 2.69. The molecule has 2 aliphatic rings. The summed E-state index contributed by atoms with van der Waals surface area (Å²) in [6.45, 7) is 5.80. The van der Waals surface area contributed by atoms with Crippen LogP contribution in [0.15, 0.2) is 0 Å². The first-order valence-electron chi connectivity index (χ1n) is 7.19. The predicted octanol–water partition coefficient (Wildman–Crippen LogP) is 1.65. The lowest BCUT2D eigenvalue weighted by Gasteiger charge is -2.46. The van der Waals surface area contributed by atoms with Crippen LogP contribution in [0.5, 0.6) is 0 Å². The summed E-state index contributed by atoms with van der Waals surface area (Å²) in [6.07, 6.45) is 3.80. The van der Waals surface area contributed by atoms with Crippen LogP contribution in [0, 0.1) is 11.8 Å². The molecule has 1 heterocycles. The van der Waals surface area contributed by atoms with E-state index in [9.17, 15) is 4.79 Å². The van der Waals surface area contributed by atoms with Crippen molar-refractivity contribution in [2.45, 2.75) is 64.3 Å². The van der Waals surface area contributed by atoms with Crippen LogP contribution in [-0.2, 0) is 19.0 Å². The Morgan fingerprint density at radius 3 is 2.53 bits per heavy atom. The molecule has 106 valence electrons. The highest BCUT2D eigenvalue weighted by molar-refractivity contribution is 6.11. The Hall–Kier alpha value is -0.545. The zero-order valence-corrected chi connectivity index (χ0v) is 12.0. The van der Waals surface area contributed by atoms with E-state index in [1.54, 1.807) is 0 Å². The fourth-order valence-corrected chi connectivity index (χ4v) is 2.69. The van der Waals surface area contributed by atoms with Crippen molar-refractivity contribution >= 4 is 13.8 Å². The highest BCUT2D eigenvalue weighted by Crippen LogP contribution is 2.35. The van der Waals surface area contributed by atoms with Crippen molar-refractivity contribution in [3.8, 4) is 0 Å². The second-order valence-electron chi connectivity index (χ2n) is 5.81. The molecule has 0 N–H and O–H groups in total. The van der Waals surface area contributed by atoms with Crippen molar-refractivity contribution in [3.63, 3.8) is 0 Å². The summed E-state index contributed by atoms with van der Waals surface area (Å²) < 4.78 is 17.0. The molecule has 1 saturated carbocycles. The molecule has 5 atom stereocenters. The third kappa shape index (κ3) is 3.51. The Morgan fingerprint density at radius 2 is 2.00 bits per heavy atom. The van der Waals surface area contributed by atoms with Gasteiger partial charge < -0.3 is 14.2 Å². The molecule has 4 nitrogen and oxygen atoms in total. The average Bonchev–Trinajstić information content (AvgIpc) is 2.29. The maximum Gasteiger partial charge on any atom is 0.302 e. The van der Waals surface area contributed by atoms with Crippen LogP contribution in [0.3, 0.4) is 0 Å². The smallest absolute Gasteiger partial charge is 0.302 e. The third-order valence-electron chi connectivity index (χ3n) is 4.33. The summed E-state index contributed by atoms with van der Waals surface area (Å²) in [5, 5.41) is 0. The molecule has 2 radical (unpaired) electrons. The number of carbonyl (C=O) groups excluding carboxylic acids is 1. The van der Waals surface area contributed by atoms with E-state index in [1.807, 2.05) is 0 Å². The van der Waals surface area contributed by atoms with Gasteiger partial charge in [-0.25, -0.2) is 0 Å². The van der Waals surface area contributed by atoms with Crippen LogP contribution >= 0.6 is 0 Å². The summed E-state index contributed by atoms with van der Waals surface area (Å²) in [5.74, 6) is 0.0402. The Bertz CT molecular complexity index is 319. The number of esters is 1. The van der Waals surface area contributed by atoms with Gasteiger partial charge in [0.05, 0.1) is 18.3 Å². The summed E-state index contributed by atoms with van der Waals surface area (Å²) in [6, 6.07) is -0.359. The summed E-state index contributed by atoms with van der Waals surface area (Å²) >= 11 is 0. The second-order valence-corrected chi connectivity index (χ2v) is 5.81. The maximum atomic E-state index is 10.9. The van der Waals surface area contributed by atoms with Gasteiger partial charge in [-0.2, -0.15) is 0 Å². The molecule has 0 aromatic carbocycles. The zero-order chi connectivity index (χ0) is 14.0. The molecular weight excluding hydrogens is 243 g/mol. The number of rotatable bonds is 4. The van der Waals surface area contributed by atoms with Crippen molar-refractivity contribution in [1.82, 2.24) is 0 Å². The van der Waals surface area contributed by atoms with E-state index in [0.29, 0.717) is 6.10 Å². The van der Waals surface area contributed by atoms with Crippen LogP contribution in [0.1, 0.15) is 40.0 Å². The topological polar surface area (TPSA) is 44.8 Å². The van der Waals surface area contributed by atoms with E-state index in [0.717, 1.165) is 12.8 Å². The minimum Gasteiger partial charge on any atom is -0.463 e. The Balaban J connectivity index is 1.95. The van der Waals surface area contributed by atoms with Gasteiger partial charge in [-0.15, -0.1) is 0 Å². The zero-order valence-electron chi connectivity index (χ0n) is 12.0. The van der Waals surface area contributed by atoms with Gasteiger partial charge in [0, 0.05) is 24.8 Å². The van der Waals surface area contributed by atoms with Crippen molar-refractivity contribution < 1.29 is 19.0 Å². The van der Waals surface area contributed by atoms with Crippen molar-refractivity contribution in [1.29, 1.82) is 0 Å². The molecule has 0 amide bonds. The molecular formula is C14H23BO4. The summed E-state index contributed by atoms with van der Waals surface area (Å²) in [7, 11) is 6.02. The van der Waals surface area contributed by atoms with Crippen molar-refractivity contribution in [2.75, 3.05) is 6.61 Å². The van der Waals surface area contributed by atoms with E-state index in [2.05, 4.69) is 13.8 Å². The fraction of sp³-hybridized carbons (Fsp3) is 0.929. The Kier molecular flexibility index (Phi) is 4.90. The lowest BCUT2D eigenvalue weighted by Crippen LogP contribution is -2.53. The number of hydrogen-bond acceptors (Lipinski definition) is 4. The Labute approximate surface area is 116 Å². The highest BCUT2D eigenvalue weighted by Gasteiger charge is 2.42. The summed E-state index contributed by atoms with van der Waals surface area (Å²) in [4.78, 5) is 10.9. The SMILES string of the molecule is [B]C1OC(COC(C)=O)C(C)C(OC2CCC2)C1C. The van der Waals surface area contributed by atoms with E-state index < -0.39 is 0 Å². The molecule has 5 heteroatoms. The van der Waals surface area contributed by atoms with Crippen molar-refractivity contribution in [2.24, 2.45) is 11.8 Å². The molecule has 19 heavy (non-hydrogen) atoms. The summed E-state index contributed by atoms with van der Waals surface area (Å²) in [5.41, 5.74) is 0. The molecule has 0 bridgehead atoms. The highest BCUT2D eigenvalue weighted by atomic mass is 16.6. The molecule has 0 spiro atoms. The van der Waals surface area contributed by atoms with E-state index >= 15 is 0 Å². The van der Waals surface area contributed by atoms with Crippen LogP contribution in [0.2, 0.25) is 0 Å². The van der Waals surface area contributed by atoms with Crippen LogP contribution in [0.4, 0.5) is 0 Å². The van der Waals surface area contributed by atoms with Gasteiger partial charge in [0.1, 0.15) is 14.5 Å². The van der Waals surface area contributed by atoms with E-state index in [-0.39, 0.29) is 42.6 Å². The van der Waals surface area contributed by atoms with E-state index in [1.165, 1.54) is 13.3 Å². The van der Waals surface area contributed by atoms with Crippen LogP contribution in [0.25, 0.3) is 0 Å². The van der Waals surface area contributed by atoms with Gasteiger partial charge in [-0.3, -0.25) is 4.79 Å². The maximum absolute atomic E-state index is 10.9. The first kappa shape index (κ1) is 14.9. The van der Waals surface area contributed by atoms with Gasteiger partial charge in [0.15, 0.2) is 0 Å². The molecule has 0 aromatic rings. The van der Waals surface area contributed by atoms with Crippen LogP contribution < -0.4 is 0 Å². The lowest BCUT2D eigenvalue weighted by molar-refractivity contribution is -0.196. The van der Waals surface area contributed by atoms with Gasteiger partial charge in [-0.1, -0.05) is 13.8 Å². The molecule has 2 fully saturated rings. The standard InChI is InChI=1S/C14H23BO4/c1-8-12(7-17-10(3)16)19-14(15)9(2)13(8)18-11-5-4-6-11/h8-9,11-14H,4-7H2,1-3H3. The van der Waals surface area contributed by atoms with Gasteiger partial charge in [0.25, 0.3) is 0 Å². The molecule has 2 rings (SSSR count). The van der Waals surface area contributed by atoms with E-state index in [4.69, 9.17) is 22.1 Å². The Morgan fingerprint density at radius 1 is 1.32 bits per heavy atom. The molecule has 0 aromatic heterocycles. The molecule has 5 unspecified atom stereocenters. The molecule has 1 aliphatic heterocycles. The third-order valence-corrected chi connectivity index (χ3v) is 4.33. The number of carbonyl (C=O) groups is 1. The normalized spacial score (nSPS) is 39.6. The molecule has 1 aliphatic carbocycles. The predicted molar refractivity (Wildman–Crippen MR) is 71.9 cm³/mol. The number of hydrogen-bond donors (Lipinski definition) is 0. The number of ether oxygens (including phenoxy) is 3. The van der Waals surface area contributed by atoms with Crippen molar-refractivity contribution in [3.05, 3.63) is 0 Å². The van der Waals surface area contributed by atoms with Gasteiger partial charge in [-0.05, 0) is 19.3 Å². The first-order valence-corrected chi connectivity index (χ1v) is 7.19. The largest absolute Gasteiger partial charge is 0.463 e. The average molecular weight is 266 g/mol.